The Morgan fingerprint density at radius 2 is 2.04 bits per heavy atom. The highest BCUT2D eigenvalue weighted by Gasteiger charge is 2.52. The van der Waals surface area contributed by atoms with Crippen LogP contribution in [0.25, 0.3) is 0 Å². The van der Waals surface area contributed by atoms with Crippen LogP contribution in [0.15, 0.2) is 23.2 Å². The lowest BCUT2D eigenvalue weighted by molar-refractivity contribution is -0.818. The number of aliphatic imine (C=N–C) groups is 1. The molecule has 2 unspecified atom stereocenters. The van der Waals surface area contributed by atoms with Crippen LogP contribution in [0.1, 0.15) is 43.7 Å². The summed E-state index contributed by atoms with van der Waals surface area (Å²) >= 11 is 0. The van der Waals surface area contributed by atoms with Crippen LogP contribution in [-0.4, -0.2) is 42.9 Å². The summed E-state index contributed by atoms with van der Waals surface area (Å²) in [6, 6.07) is 5.42. The molecule has 6 heteroatoms. The number of rotatable bonds is 5. The van der Waals surface area contributed by atoms with Gasteiger partial charge >= 0.3 is 6.03 Å². The molecular formula is C20H27N3O3. The van der Waals surface area contributed by atoms with Crippen molar-refractivity contribution in [2.75, 3.05) is 20.1 Å². The van der Waals surface area contributed by atoms with Crippen LogP contribution in [0.4, 0.5) is 10.5 Å². The van der Waals surface area contributed by atoms with Crippen LogP contribution in [0.2, 0.25) is 0 Å². The number of quaternary nitrogens is 1. The summed E-state index contributed by atoms with van der Waals surface area (Å²) in [6.07, 6.45) is 4.18. The first-order chi connectivity index (χ1) is 12.4. The van der Waals surface area contributed by atoms with E-state index in [1.165, 1.54) is 4.90 Å². The van der Waals surface area contributed by atoms with Crippen LogP contribution < -0.4 is 10.0 Å². The molecule has 0 bridgehead atoms. The molecule has 2 aliphatic rings. The Balaban J connectivity index is 1.91. The molecule has 2 aliphatic heterocycles. The molecule has 0 saturated carbocycles. The van der Waals surface area contributed by atoms with Gasteiger partial charge in [0.2, 0.25) is 5.91 Å². The Bertz CT molecular complexity index is 759. The molecule has 0 aromatic heterocycles. The first-order valence-corrected chi connectivity index (χ1v) is 9.43. The Hall–Kier alpha value is -2.21. The monoisotopic (exact) mass is 357 g/mol. The molecule has 2 heterocycles. The second-order valence-electron chi connectivity index (χ2n) is 7.59. The summed E-state index contributed by atoms with van der Waals surface area (Å²) in [4.78, 5) is 31.4. The summed E-state index contributed by atoms with van der Waals surface area (Å²) in [7, 11) is 1.96. The van der Waals surface area contributed by atoms with Gasteiger partial charge < -0.3 is 10.0 Å². The zero-order chi connectivity index (χ0) is 18.9. The van der Waals surface area contributed by atoms with E-state index in [9.17, 15) is 14.7 Å². The number of fused-ring (bicyclic) bond motifs is 1. The fourth-order valence-corrected chi connectivity index (χ4v) is 4.11. The van der Waals surface area contributed by atoms with Crippen molar-refractivity contribution in [3.05, 3.63) is 29.3 Å². The number of unbranched alkanes of at least 4 members (excludes halogenated alkanes) is 3. The lowest BCUT2D eigenvalue weighted by Crippen LogP contribution is -3.08. The van der Waals surface area contributed by atoms with Gasteiger partial charge in [0.05, 0.1) is 7.05 Å². The minimum atomic E-state index is -1.25. The van der Waals surface area contributed by atoms with Gasteiger partial charge in [0.25, 0.3) is 0 Å². The van der Waals surface area contributed by atoms with Crippen LogP contribution in [0.3, 0.4) is 0 Å². The smallest absolute Gasteiger partial charge is 0.349 e. The normalized spacial score (nSPS) is 25.4. The van der Waals surface area contributed by atoms with Crippen LogP contribution in [0, 0.1) is 12.3 Å². The zero-order valence-electron chi connectivity index (χ0n) is 15.8. The number of aryl methyl sites for hydroxylation is 1. The number of urea groups is 1. The number of hydrogen-bond donors (Lipinski definition) is 1. The highest BCUT2D eigenvalue weighted by Crippen LogP contribution is 2.34. The highest BCUT2D eigenvalue weighted by molar-refractivity contribution is 6.16. The maximum absolute atomic E-state index is 13.2. The third-order valence-electron chi connectivity index (χ3n) is 5.51. The molecular weight excluding hydrogens is 330 g/mol. The molecule has 3 rings (SSSR count). The van der Waals surface area contributed by atoms with Crippen molar-refractivity contribution >= 4 is 23.5 Å². The molecule has 1 aromatic rings. The molecule has 1 spiro atoms. The van der Waals surface area contributed by atoms with Crippen molar-refractivity contribution in [3.8, 4) is 0 Å². The van der Waals surface area contributed by atoms with Gasteiger partial charge in [0, 0.05) is 18.5 Å². The number of benzene rings is 1. The summed E-state index contributed by atoms with van der Waals surface area (Å²) in [6.45, 7) is 4.79. The predicted octanol–water partition coefficient (Wildman–Crippen LogP) is 0.985. The van der Waals surface area contributed by atoms with Crippen molar-refractivity contribution in [3.63, 3.8) is 0 Å². The molecule has 0 aliphatic carbocycles. The van der Waals surface area contributed by atoms with E-state index >= 15 is 0 Å². The fraction of sp³-hybridized carbons (Fsp3) is 0.550. The Kier molecular flexibility index (Phi) is 5.14. The predicted molar refractivity (Wildman–Crippen MR) is 97.4 cm³/mol. The number of nitrogens with one attached hydrogen (secondary N) is 1. The standard InChI is InChI=1S/C20H27N3O3/c1-4-5-6-7-10-23-18(25)20(17(24)21-19(23)26)12-15-11-14(2)8-9-16(15)22(3)13-20/h8-9,11H,4-7,10,12-13H2,1-3H3,(H,21,24,26). The number of carbonyl (C=O) groups is 2. The van der Waals surface area contributed by atoms with Crippen molar-refractivity contribution in [2.45, 2.75) is 46.0 Å². The maximum atomic E-state index is 13.2. The second kappa shape index (κ2) is 7.19. The first kappa shape index (κ1) is 18.6. The molecule has 1 aromatic carbocycles. The summed E-state index contributed by atoms with van der Waals surface area (Å²) in [5.74, 6) is -0.950. The first-order valence-electron chi connectivity index (χ1n) is 9.43. The number of nitrogens with zero attached hydrogens (tertiary/aromatic N) is 2. The Labute approximate surface area is 154 Å². The van der Waals surface area contributed by atoms with E-state index in [1.54, 1.807) is 0 Å². The van der Waals surface area contributed by atoms with Crippen LogP contribution >= 0.6 is 0 Å². The van der Waals surface area contributed by atoms with E-state index in [2.05, 4.69) is 18.0 Å². The van der Waals surface area contributed by atoms with Gasteiger partial charge in [-0.1, -0.05) is 43.9 Å². The van der Waals surface area contributed by atoms with E-state index < -0.39 is 17.3 Å². The number of hydrogen-bond acceptors (Lipinski definition) is 3. The van der Waals surface area contributed by atoms with E-state index in [1.807, 2.05) is 26.1 Å². The van der Waals surface area contributed by atoms with Gasteiger partial charge in [-0.05, 0) is 25.3 Å². The Morgan fingerprint density at radius 3 is 2.77 bits per heavy atom. The van der Waals surface area contributed by atoms with Crippen molar-refractivity contribution in [1.82, 2.24) is 4.90 Å². The van der Waals surface area contributed by atoms with E-state index in [-0.39, 0.29) is 5.91 Å². The number of carbonyl (C=O) groups excluding carboxylic acids is 2. The van der Waals surface area contributed by atoms with Gasteiger partial charge in [0.15, 0.2) is 0 Å². The lowest BCUT2D eigenvalue weighted by Gasteiger charge is -2.45. The van der Waals surface area contributed by atoms with Crippen molar-refractivity contribution in [1.29, 1.82) is 0 Å². The van der Waals surface area contributed by atoms with E-state index in [0.717, 1.165) is 47.4 Å². The summed E-state index contributed by atoms with van der Waals surface area (Å²) in [5, 5.41) is 12.7. The van der Waals surface area contributed by atoms with E-state index in [0.29, 0.717) is 19.5 Å². The third-order valence-corrected chi connectivity index (χ3v) is 5.51. The quantitative estimate of drug-likeness (QED) is 0.798. The number of amides is 3. The molecule has 6 nitrogen and oxygen atoms in total. The molecule has 0 saturated heterocycles. The molecule has 3 amide bonds. The topological polar surface area (TPSA) is 77.2 Å². The SMILES string of the molecule is CCCCCCN1C(=O)N=C([O-])C2(Cc3cc(C)ccc3[NH+](C)C2)C1=O. The van der Waals surface area contributed by atoms with Gasteiger partial charge in [-0.2, -0.15) is 0 Å². The van der Waals surface area contributed by atoms with Gasteiger partial charge in [-0.25, -0.2) is 9.79 Å². The zero-order valence-corrected chi connectivity index (χ0v) is 15.8. The van der Waals surface area contributed by atoms with Crippen LogP contribution in [-0.2, 0) is 11.2 Å². The van der Waals surface area contributed by atoms with E-state index in [4.69, 9.17) is 0 Å². The third kappa shape index (κ3) is 3.14. The minimum Gasteiger partial charge on any atom is -0.861 e. The lowest BCUT2D eigenvalue weighted by atomic mass is 9.75. The van der Waals surface area contributed by atoms with Gasteiger partial charge in [-0.3, -0.25) is 9.69 Å². The average molecular weight is 357 g/mol. The summed E-state index contributed by atoms with van der Waals surface area (Å²) in [5.41, 5.74) is 1.94. The molecule has 0 fully saturated rings. The van der Waals surface area contributed by atoms with Crippen LogP contribution in [0.5, 0.6) is 0 Å². The molecule has 26 heavy (non-hydrogen) atoms. The molecule has 0 radical (unpaired) electrons. The van der Waals surface area contributed by atoms with Gasteiger partial charge in [0.1, 0.15) is 17.6 Å². The molecule has 2 atom stereocenters. The van der Waals surface area contributed by atoms with Gasteiger partial charge in [-0.15, -0.1) is 0 Å². The van der Waals surface area contributed by atoms with Crippen molar-refractivity contribution in [2.24, 2.45) is 10.4 Å². The Morgan fingerprint density at radius 1 is 1.27 bits per heavy atom. The second-order valence-corrected chi connectivity index (χ2v) is 7.59. The largest absolute Gasteiger partial charge is 0.861 e. The maximum Gasteiger partial charge on any atom is 0.349 e. The molecule has 140 valence electrons. The highest BCUT2D eigenvalue weighted by atomic mass is 16.3. The minimum absolute atomic E-state index is 0.321. The summed E-state index contributed by atoms with van der Waals surface area (Å²) < 4.78 is 0. The average Bonchev–Trinajstić information content (AvgIpc) is 2.59. The fourth-order valence-electron chi connectivity index (χ4n) is 4.11. The molecule has 1 N–H and O–H groups in total. The van der Waals surface area contributed by atoms with Crippen molar-refractivity contribution < 1.29 is 19.6 Å². The number of imide groups is 1.